The van der Waals surface area contributed by atoms with E-state index in [1.165, 1.54) is 10.5 Å². The highest BCUT2D eigenvalue weighted by Gasteiger charge is 2.01. The molecule has 0 spiro atoms. The molecule has 1 N–H and O–H groups in total. The predicted octanol–water partition coefficient (Wildman–Crippen LogP) is 5.83. The second-order valence-electron chi connectivity index (χ2n) is 5.19. The first kappa shape index (κ1) is 16.4. The van der Waals surface area contributed by atoms with Crippen LogP contribution in [0.2, 0.25) is 0 Å². The Morgan fingerprint density at radius 2 is 1.73 bits per heavy atom. The van der Waals surface area contributed by atoms with Gasteiger partial charge in [-0.1, -0.05) is 30.3 Å². The number of aryl methyl sites for hydroxylation is 1. The minimum Gasteiger partial charge on any atom is -0.358 e. The van der Waals surface area contributed by atoms with Crippen LogP contribution in [0.4, 0.5) is 11.4 Å². The quantitative estimate of drug-likeness (QED) is 0.555. The lowest BCUT2D eigenvalue weighted by Gasteiger charge is -2.10. The Labute approximate surface area is 137 Å². The first-order chi connectivity index (χ1) is 10.6. The summed E-state index contributed by atoms with van der Waals surface area (Å²) in [6.07, 6.45) is 4.16. The van der Waals surface area contributed by atoms with Crippen LogP contribution in [0.15, 0.2) is 70.2 Å². The number of thioether (sulfide) groups is 1. The molecule has 0 bridgehead atoms. The van der Waals surface area contributed by atoms with Crippen LogP contribution < -0.4 is 5.32 Å². The van der Waals surface area contributed by atoms with Gasteiger partial charge in [-0.2, -0.15) is 0 Å². The van der Waals surface area contributed by atoms with E-state index in [1.807, 2.05) is 31.2 Å². The van der Waals surface area contributed by atoms with Gasteiger partial charge < -0.3 is 5.32 Å². The van der Waals surface area contributed by atoms with E-state index in [4.69, 9.17) is 0 Å². The number of allylic oxidation sites excluding steroid dienone is 2. The van der Waals surface area contributed by atoms with Crippen LogP contribution in [0, 0.1) is 6.92 Å². The van der Waals surface area contributed by atoms with Gasteiger partial charge in [0.2, 0.25) is 0 Å². The largest absolute Gasteiger partial charge is 0.358 e. The first-order valence-electron chi connectivity index (χ1n) is 7.29. The van der Waals surface area contributed by atoms with E-state index in [0.717, 1.165) is 22.8 Å². The van der Waals surface area contributed by atoms with Crippen molar-refractivity contribution in [1.82, 2.24) is 0 Å². The van der Waals surface area contributed by atoms with Gasteiger partial charge in [0.05, 0.1) is 11.4 Å². The van der Waals surface area contributed by atoms with E-state index >= 15 is 0 Å². The van der Waals surface area contributed by atoms with Crippen molar-refractivity contribution in [3.63, 3.8) is 0 Å². The maximum atomic E-state index is 4.68. The molecule has 2 aromatic carbocycles. The van der Waals surface area contributed by atoms with E-state index < -0.39 is 0 Å². The Morgan fingerprint density at radius 1 is 1.05 bits per heavy atom. The number of aliphatic imine (C=N–C) groups is 1. The highest BCUT2D eigenvalue weighted by molar-refractivity contribution is 7.98. The number of nitrogens with zero attached hydrogens (tertiary/aromatic N) is 1. The summed E-state index contributed by atoms with van der Waals surface area (Å²) < 4.78 is 0. The fourth-order valence-electron chi connectivity index (χ4n) is 2.22. The SMILES string of the molecule is CSc1ccccc1N/C(C)=C\C(C)=Nc1ccccc1C. The van der Waals surface area contributed by atoms with Crippen molar-refractivity contribution in [2.75, 3.05) is 11.6 Å². The van der Waals surface area contributed by atoms with Crippen LogP contribution in [-0.2, 0) is 0 Å². The molecule has 0 amide bonds. The molecule has 0 heterocycles. The van der Waals surface area contributed by atoms with Gasteiger partial charge >= 0.3 is 0 Å². The summed E-state index contributed by atoms with van der Waals surface area (Å²) >= 11 is 1.74. The van der Waals surface area contributed by atoms with Gasteiger partial charge in [0.1, 0.15) is 0 Å². The Kier molecular flexibility index (Phi) is 5.84. The topological polar surface area (TPSA) is 24.4 Å². The molecule has 3 heteroatoms. The van der Waals surface area contributed by atoms with Crippen molar-refractivity contribution in [2.45, 2.75) is 25.7 Å². The number of anilines is 1. The summed E-state index contributed by atoms with van der Waals surface area (Å²) in [4.78, 5) is 5.92. The molecule has 2 rings (SSSR count). The van der Waals surface area contributed by atoms with Gasteiger partial charge in [0, 0.05) is 16.3 Å². The summed E-state index contributed by atoms with van der Waals surface area (Å²) in [5.74, 6) is 0. The monoisotopic (exact) mass is 310 g/mol. The summed E-state index contributed by atoms with van der Waals surface area (Å²) in [7, 11) is 0. The zero-order valence-electron chi connectivity index (χ0n) is 13.6. The molecule has 0 fully saturated rings. The van der Waals surface area contributed by atoms with Crippen LogP contribution in [0.3, 0.4) is 0 Å². The zero-order chi connectivity index (χ0) is 15.9. The molecule has 0 saturated carbocycles. The second-order valence-corrected chi connectivity index (χ2v) is 6.04. The molecular formula is C19H22N2S. The molecular weight excluding hydrogens is 288 g/mol. The molecule has 0 aromatic heterocycles. The molecule has 22 heavy (non-hydrogen) atoms. The van der Waals surface area contributed by atoms with Crippen molar-refractivity contribution in [2.24, 2.45) is 4.99 Å². The van der Waals surface area contributed by atoms with E-state index in [1.54, 1.807) is 11.8 Å². The Balaban J connectivity index is 2.16. The number of hydrogen-bond acceptors (Lipinski definition) is 3. The summed E-state index contributed by atoms with van der Waals surface area (Å²) in [6.45, 7) is 6.17. The average molecular weight is 310 g/mol. The second kappa shape index (κ2) is 7.85. The lowest BCUT2D eigenvalue weighted by Crippen LogP contribution is -1.99. The van der Waals surface area contributed by atoms with Gasteiger partial charge in [0.25, 0.3) is 0 Å². The van der Waals surface area contributed by atoms with E-state index in [-0.39, 0.29) is 0 Å². The molecule has 114 valence electrons. The van der Waals surface area contributed by atoms with Crippen molar-refractivity contribution in [3.05, 3.63) is 65.9 Å². The van der Waals surface area contributed by atoms with Gasteiger partial charge in [-0.3, -0.25) is 4.99 Å². The first-order valence-corrected chi connectivity index (χ1v) is 8.52. The van der Waals surface area contributed by atoms with Gasteiger partial charge in [0.15, 0.2) is 0 Å². The molecule has 2 aromatic rings. The summed E-state index contributed by atoms with van der Waals surface area (Å²) in [5, 5.41) is 3.45. The maximum Gasteiger partial charge on any atom is 0.0661 e. The fraction of sp³-hybridized carbons (Fsp3) is 0.211. The number of hydrogen-bond donors (Lipinski definition) is 1. The van der Waals surface area contributed by atoms with Crippen LogP contribution >= 0.6 is 11.8 Å². The summed E-state index contributed by atoms with van der Waals surface area (Å²) in [6, 6.07) is 16.5. The normalized spacial score (nSPS) is 12.4. The third kappa shape index (κ3) is 4.50. The number of para-hydroxylation sites is 2. The van der Waals surface area contributed by atoms with Crippen molar-refractivity contribution < 1.29 is 0 Å². The number of benzene rings is 2. The van der Waals surface area contributed by atoms with Crippen molar-refractivity contribution in [1.29, 1.82) is 0 Å². The minimum atomic E-state index is 0.987. The molecule has 0 aliphatic rings. The molecule has 0 unspecified atom stereocenters. The van der Waals surface area contributed by atoms with Gasteiger partial charge in [-0.25, -0.2) is 0 Å². The Morgan fingerprint density at radius 3 is 2.45 bits per heavy atom. The fourth-order valence-corrected chi connectivity index (χ4v) is 2.77. The third-order valence-corrected chi connectivity index (χ3v) is 4.07. The summed E-state index contributed by atoms with van der Waals surface area (Å²) in [5.41, 5.74) is 5.41. The van der Waals surface area contributed by atoms with Crippen LogP contribution in [-0.4, -0.2) is 12.0 Å². The lowest BCUT2D eigenvalue weighted by atomic mass is 10.2. The molecule has 2 nitrogen and oxygen atoms in total. The third-order valence-electron chi connectivity index (χ3n) is 3.28. The highest BCUT2D eigenvalue weighted by Crippen LogP contribution is 2.25. The van der Waals surface area contributed by atoms with Gasteiger partial charge in [-0.05, 0) is 56.9 Å². The number of nitrogens with one attached hydrogen (secondary N) is 1. The smallest absolute Gasteiger partial charge is 0.0661 e. The molecule has 0 aliphatic heterocycles. The van der Waals surface area contributed by atoms with E-state index in [9.17, 15) is 0 Å². The molecule has 0 aliphatic carbocycles. The van der Waals surface area contributed by atoms with Gasteiger partial charge in [-0.15, -0.1) is 11.8 Å². The average Bonchev–Trinajstić information content (AvgIpc) is 2.50. The Hall–Kier alpha value is -2.00. The highest BCUT2D eigenvalue weighted by atomic mass is 32.2. The van der Waals surface area contributed by atoms with Crippen LogP contribution in [0.1, 0.15) is 19.4 Å². The molecule has 0 atom stereocenters. The van der Waals surface area contributed by atoms with E-state index in [0.29, 0.717) is 0 Å². The molecule has 0 saturated heterocycles. The number of rotatable bonds is 5. The maximum absolute atomic E-state index is 4.68. The van der Waals surface area contributed by atoms with Crippen molar-refractivity contribution >= 4 is 28.8 Å². The van der Waals surface area contributed by atoms with Crippen LogP contribution in [0.25, 0.3) is 0 Å². The van der Waals surface area contributed by atoms with E-state index in [2.05, 4.69) is 60.8 Å². The van der Waals surface area contributed by atoms with Crippen molar-refractivity contribution in [3.8, 4) is 0 Å². The molecule has 0 radical (unpaired) electrons. The Bertz CT molecular complexity index is 702. The minimum absolute atomic E-state index is 0.987. The van der Waals surface area contributed by atoms with Crippen LogP contribution in [0.5, 0.6) is 0 Å². The standard InChI is InChI=1S/C19H22N2S/c1-14-9-5-6-10-17(14)20-15(2)13-16(3)21-18-11-7-8-12-19(18)22-4/h5-13,21H,1-4H3/b16-13-,20-15?. The lowest BCUT2D eigenvalue weighted by molar-refractivity contribution is 1.32. The predicted molar refractivity (Wildman–Crippen MR) is 99.6 cm³/mol. The zero-order valence-corrected chi connectivity index (χ0v) is 14.4.